The molecular weight excluding hydrogens is 351 g/mol. The van der Waals surface area contributed by atoms with Gasteiger partial charge in [0.15, 0.2) is 5.82 Å². The zero-order valence-corrected chi connectivity index (χ0v) is 11.8. The summed E-state index contributed by atoms with van der Waals surface area (Å²) in [4.78, 5) is 0. The van der Waals surface area contributed by atoms with E-state index in [1.54, 1.807) is 0 Å². The summed E-state index contributed by atoms with van der Waals surface area (Å²) in [6.07, 6.45) is 0. The van der Waals surface area contributed by atoms with Gasteiger partial charge in [0.1, 0.15) is 0 Å². The Bertz CT molecular complexity index is 380. The van der Waals surface area contributed by atoms with Crippen LogP contribution in [0, 0.1) is 5.82 Å². The van der Waals surface area contributed by atoms with Crippen molar-refractivity contribution < 1.29 is 4.39 Å². The molecule has 15 heavy (non-hydrogen) atoms. The van der Waals surface area contributed by atoms with E-state index in [4.69, 9.17) is 81.2 Å². The third-order valence-electron chi connectivity index (χ3n) is 1.49. The summed E-state index contributed by atoms with van der Waals surface area (Å²) >= 11 is 39.2. The highest BCUT2D eigenvalue weighted by Crippen LogP contribution is 2.50. The van der Waals surface area contributed by atoms with Crippen LogP contribution in [0.2, 0.25) is 20.1 Å². The third-order valence-corrected chi connectivity index (χ3v) is 3.72. The molecule has 84 valence electrons. The molecule has 0 atom stereocenters. The highest BCUT2D eigenvalue weighted by atomic mass is 35.6. The van der Waals surface area contributed by atoms with Crippen LogP contribution in [-0.4, -0.2) is 0 Å². The normalized spacial score (nSPS) is 12.0. The van der Waals surface area contributed by atoms with Gasteiger partial charge in [-0.1, -0.05) is 81.2 Å². The van der Waals surface area contributed by atoms with Crippen LogP contribution in [0.4, 0.5) is 4.39 Å². The zero-order valence-electron chi connectivity index (χ0n) is 6.52. The molecule has 0 aliphatic rings. The molecule has 0 fully saturated rings. The maximum absolute atomic E-state index is 13.4. The van der Waals surface area contributed by atoms with Gasteiger partial charge in [0, 0.05) is 5.56 Å². The molecule has 0 aliphatic carbocycles. The summed E-state index contributed by atoms with van der Waals surface area (Å²) < 4.78 is 11.4. The Kier molecular flexibility index (Phi) is 4.57. The number of benzene rings is 1. The van der Waals surface area contributed by atoms with Gasteiger partial charge in [-0.15, -0.1) is 0 Å². The highest BCUT2D eigenvalue weighted by molar-refractivity contribution is 6.68. The van der Waals surface area contributed by atoms with E-state index in [0.717, 1.165) is 0 Å². The van der Waals surface area contributed by atoms with Gasteiger partial charge in [-0.05, 0) is 0 Å². The Hall–Kier alpha value is 1.18. The standard InChI is InChI=1S/C7Cl7F/c8-2-1(7(12,13)14)3(9)6(15)5(11)4(2)10. The fourth-order valence-electron chi connectivity index (χ4n) is 0.854. The fraction of sp³-hybridized carbons (Fsp3) is 0.143. The lowest BCUT2D eigenvalue weighted by atomic mass is 10.2. The van der Waals surface area contributed by atoms with Crippen LogP contribution in [0.1, 0.15) is 5.56 Å². The number of hydrogen-bond acceptors (Lipinski definition) is 0. The SMILES string of the molecule is Fc1c(Cl)c(Cl)c(Cl)c(C(Cl)(Cl)Cl)c1Cl. The molecule has 1 aromatic rings. The molecule has 0 heterocycles. The van der Waals surface area contributed by atoms with Crippen LogP contribution in [0.25, 0.3) is 0 Å². The first-order valence-electron chi connectivity index (χ1n) is 3.26. The first-order chi connectivity index (χ1) is 6.68. The molecule has 1 aromatic carbocycles. The molecule has 0 bridgehead atoms. The molecule has 0 nitrogen and oxygen atoms in total. The van der Waals surface area contributed by atoms with Crippen molar-refractivity contribution in [2.75, 3.05) is 0 Å². The zero-order chi connectivity index (χ0) is 12.0. The Labute approximate surface area is 120 Å². The molecule has 0 amide bonds. The van der Waals surface area contributed by atoms with E-state index in [0.29, 0.717) is 0 Å². The Morgan fingerprint density at radius 3 is 1.60 bits per heavy atom. The largest absolute Gasteiger partial charge is 0.219 e. The topological polar surface area (TPSA) is 0 Å². The Balaban J connectivity index is 3.68. The second kappa shape index (κ2) is 4.81. The lowest BCUT2D eigenvalue weighted by Crippen LogP contribution is -2.05. The predicted octanol–water partition coefficient (Wildman–Crippen LogP) is 6.27. The average molecular weight is 351 g/mol. The van der Waals surface area contributed by atoms with Gasteiger partial charge in [-0.25, -0.2) is 4.39 Å². The van der Waals surface area contributed by atoms with Crippen LogP contribution in [0.5, 0.6) is 0 Å². The van der Waals surface area contributed by atoms with Crippen molar-refractivity contribution in [2.24, 2.45) is 0 Å². The Morgan fingerprint density at radius 2 is 1.20 bits per heavy atom. The van der Waals surface area contributed by atoms with E-state index < -0.39 is 19.7 Å². The molecular formula is C7Cl7F. The molecule has 0 aliphatic heterocycles. The van der Waals surface area contributed by atoms with Crippen molar-refractivity contribution in [1.82, 2.24) is 0 Å². The molecule has 1 rings (SSSR count). The van der Waals surface area contributed by atoms with Gasteiger partial charge in [-0.2, -0.15) is 0 Å². The lowest BCUT2D eigenvalue weighted by molar-refractivity contribution is 0.627. The van der Waals surface area contributed by atoms with E-state index in [9.17, 15) is 4.39 Å². The van der Waals surface area contributed by atoms with Crippen LogP contribution in [0.15, 0.2) is 0 Å². The fourth-order valence-corrected chi connectivity index (χ4v) is 2.88. The van der Waals surface area contributed by atoms with E-state index in [1.807, 2.05) is 0 Å². The Morgan fingerprint density at radius 1 is 0.733 bits per heavy atom. The second-order valence-electron chi connectivity index (χ2n) is 2.44. The van der Waals surface area contributed by atoms with Crippen molar-refractivity contribution in [3.63, 3.8) is 0 Å². The minimum Gasteiger partial charge on any atom is -0.204 e. The van der Waals surface area contributed by atoms with Crippen molar-refractivity contribution in [3.05, 3.63) is 31.5 Å². The van der Waals surface area contributed by atoms with Gasteiger partial charge >= 0.3 is 0 Å². The van der Waals surface area contributed by atoms with E-state index in [2.05, 4.69) is 0 Å². The van der Waals surface area contributed by atoms with Crippen molar-refractivity contribution >= 4 is 81.2 Å². The summed E-state index contributed by atoms with van der Waals surface area (Å²) in [6.45, 7) is 0. The maximum Gasteiger partial charge on any atom is 0.219 e. The molecule has 0 saturated heterocycles. The molecule has 0 N–H and O–H groups in total. The highest BCUT2D eigenvalue weighted by Gasteiger charge is 2.33. The van der Waals surface area contributed by atoms with E-state index >= 15 is 0 Å². The van der Waals surface area contributed by atoms with Gasteiger partial charge in [0.25, 0.3) is 0 Å². The van der Waals surface area contributed by atoms with Crippen LogP contribution >= 0.6 is 81.2 Å². The monoisotopic (exact) mass is 348 g/mol. The minimum atomic E-state index is -1.98. The average Bonchev–Trinajstić information content (AvgIpc) is 2.09. The lowest BCUT2D eigenvalue weighted by Gasteiger charge is -2.17. The van der Waals surface area contributed by atoms with Crippen LogP contribution in [-0.2, 0) is 3.79 Å². The molecule has 0 aromatic heterocycles. The molecule has 0 radical (unpaired) electrons. The number of halogens is 8. The summed E-state index contributed by atoms with van der Waals surface area (Å²) in [5, 5.41) is -1.31. The van der Waals surface area contributed by atoms with E-state index in [-0.39, 0.29) is 15.6 Å². The summed E-state index contributed by atoms with van der Waals surface area (Å²) in [7, 11) is 0. The first kappa shape index (κ1) is 14.2. The second-order valence-corrected chi connectivity index (χ2v) is 6.24. The summed E-state index contributed by atoms with van der Waals surface area (Å²) in [5.74, 6) is -0.978. The minimum absolute atomic E-state index is 0.187. The predicted molar refractivity (Wildman–Crippen MR) is 65.7 cm³/mol. The van der Waals surface area contributed by atoms with Gasteiger partial charge in [-0.3, -0.25) is 0 Å². The smallest absolute Gasteiger partial charge is 0.204 e. The van der Waals surface area contributed by atoms with Crippen LogP contribution in [0.3, 0.4) is 0 Å². The van der Waals surface area contributed by atoms with Crippen molar-refractivity contribution in [1.29, 1.82) is 0 Å². The first-order valence-corrected chi connectivity index (χ1v) is 5.91. The third kappa shape index (κ3) is 2.71. The molecule has 0 spiro atoms. The number of hydrogen-bond donors (Lipinski definition) is 0. The van der Waals surface area contributed by atoms with E-state index in [1.165, 1.54) is 0 Å². The number of rotatable bonds is 0. The maximum atomic E-state index is 13.4. The van der Waals surface area contributed by atoms with Crippen LogP contribution < -0.4 is 0 Å². The molecule has 0 unspecified atom stereocenters. The van der Waals surface area contributed by atoms with Crippen molar-refractivity contribution in [2.45, 2.75) is 3.79 Å². The summed E-state index contributed by atoms with van der Waals surface area (Å²) in [5.41, 5.74) is -0.234. The van der Waals surface area contributed by atoms with Gasteiger partial charge < -0.3 is 0 Å². The quantitative estimate of drug-likeness (QED) is 0.294. The van der Waals surface area contributed by atoms with Gasteiger partial charge in [0.2, 0.25) is 3.79 Å². The molecule has 0 saturated carbocycles. The van der Waals surface area contributed by atoms with Gasteiger partial charge in [0.05, 0.1) is 20.1 Å². The molecule has 8 heteroatoms. The summed E-state index contributed by atoms with van der Waals surface area (Å²) in [6, 6.07) is 0. The number of alkyl halides is 3. The van der Waals surface area contributed by atoms with Crippen molar-refractivity contribution in [3.8, 4) is 0 Å².